The minimum Gasteiger partial charge on any atom is -0.461 e. The van der Waals surface area contributed by atoms with Crippen molar-refractivity contribution < 1.29 is 47.6 Å². The van der Waals surface area contributed by atoms with Crippen LogP contribution in [0.4, 0.5) is 0 Å². The third-order valence-corrected chi connectivity index (χ3v) is 7.69. The Hall–Kier alpha value is -5.78. The third-order valence-electron chi connectivity index (χ3n) is 7.69. The van der Waals surface area contributed by atoms with Gasteiger partial charge in [-0.3, -0.25) is 0 Å². The molecule has 48 heavy (non-hydrogen) atoms. The Labute approximate surface area is 274 Å². The second kappa shape index (κ2) is 14.3. The van der Waals surface area contributed by atoms with E-state index in [1.54, 1.807) is 85.8 Å². The van der Waals surface area contributed by atoms with E-state index in [-0.39, 0.29) is 28.0 Å². The van der Waals surface area contributed by atoms with Gasteiger partial charge in [-0.05, 0) is 61.0 Å². The first-order valence-corrected chi connectivity index (χ1v) is 15.1. The molecule has 244 valence electrons. The van der Waals surface area contributed by atoms with E-state index in [0.717, 1.165) is 0 Å². The molecule has 2 heterocycles. The molecule has 1 N–H and O–H groups in total. The summed E-state index contributed by atoms with van der Waals surface area (Å²) in [5.74, 6) is -2.16. The highest BCUT2D eigenvalue weighted by molar-refractivity contribution is 5.91. The summed E-state index contributed by atoms with van der Waals surface area (Å²) in [6.07, 6.45) is -7.54. The van der Waals surface area contributed by atoms with Gasteiger partial charge in [-0.15, -0.1) is 0 Å². The standard InChI is InChI=1S/C37H30O11/c1-22-19-30(38)45-28-20-26(17-18-27(22)28)44-37-33(48-36(42)25-15-9-4-10-16-25)32(47-35(41)24-13-7-3-8-14-24)31(39)29(46-37)21-43-34(40)23-11-5-2-6-12-23/h2-20,29,31-33,37,39H,21H2,1H3/t29-,31+,32+,33-,37-/m1/s1. The van der Waals surface area contributed by atoms with Gasteiger partial charge in [-0.2, -0.15) is 0 Å². The van der Waals surface area contributed by atoms with Crippen LogP contribution in [0.15, 0.2) is 124 Å². The third kappa shape index (κ3) is 7.27. The molecule has 1 aliphatic rings. The monoisotopic (exact) mass is 650 g/mol. The van der Waals surface area contributed by atoms with E-state index < -0.39 is 60.8 Å². The number of benzene rings is 4. The summed E-state index contributed by atoms with van der Waals surface area (Å²) in [6.45, 7) is 1.29. The summed E-state index contributed by atoms with van der Waals surface area (Å²) in [7, 11) is 0. The van der Waals surface area contributed by atoms with Crippen LogP contribution in [0.2, 0.25) is 0 Å². The van der Waals surface area contributed by atoms with E-state index in [1.165, 1.54) is 36.4 Å². The smallest absolute Gasteiger partial charge is 0.338 e. The molecule has 5 aromatic rings. The molecule has 6 rings (SSSR count). The summed E-state index contributed by atoms with van der Waals surface area (Å²) < 4.78 is 34.8. The lowest BCUT2D eigenvalue weighted by Crippen LogP contribution is -2.62. The molecule has 0 unspecified atom stereocenters. The summed E-state index contributed by atoms with van der Waals surface area (Å²) >= 11 is 0. The minimum absolute atomic E-state index is 0.145. The van der Waals surface area contributed by atoms with E-state index >= 15 is 0 Å². The van der Waals surface area contributed by atoms with Crippen molar-refractivity contribution in [3.63, 3.8) is 0 Å². The van der Waals surface area contributed by atoms with Gasteiger partial charge in [-0.1, -0.05) is 54.6 Å². The number of carbonyl (C=O) groups excluding carboxylic acids is 3. The highest BCUT2D eigenvalue weighted by atomic mass is 16.7. The van der Waals surface area contributed by atoms with E-state index in [2.05, 4.69) is 0 Å². The van der Waals surface area contributed by atoms with Crippen LogP contribution in [0.3, 0.4) is 0 Å². The topological polar surface area (TPSA) is 148 Å². The first-order valence-electron chi connectivity index (χ1n) is 15.1. The number of aliphatic hydroxyl groups excluding tert-OH is 1. The largest absolute Gasteiger partial charge is 0.461 e. The number of rotatable bonds is 9. The Morgan fingerprint density at radius 2 is 1.25 bits per heavy atom. The number of fused-ring (bicyclic) bond motifs is 1. The summed E-state index contributed by atoms with van der Waals surface area (Å²) in [4.78, 5) is 51.5. The minimum atomic E-state index is -1.65. The molecule has 4 aromatic carbocycles. The van der Waals surface area contributed by atoms with Crippen LogP contribution in [-0.2, 0) is 18.9 Å². The zero-order valence-electron chi connectivity index (χ0n) is 25.6. The highest BCUT2D eigenvalue weighted by Gasteiger charge is 2.51. The second-order valence-electron chi connectivity index (χ2n) is 11.0. The van der Waals surface area contributed by atoms with Crippen molar-refractivity contribution in [2.24, 2.45) is 0 Å². The number of carbonyl (C=O) groups is 3. The van der Waals surface area contributed by atoms with Gasteiger partial charge in [0.1, 0.15) is 30.1 Å². The Morgan fingerprint density at radius 3 is 1.83 bits per heavy atom. The van der Waals surface area contributed by atoms with Crippen molar-refractivity contribution >= 4 is 28.9 Å². The van der Waals surface area contributed by atoms with Crippen molar-refractivity contribution in [3.05, 3.63) is 148 Å². The lowest BCUT2D eigenvalue weighted by atomic mass is 9.98. The maximum atomic E-state index is 13.3. The maximum Gasteiger partial charge on any atom is 0.338 e. The van der Waals surface area contributed by atoms with Gasteiger partial charge >= 0.3 is 23.5 Å². The van der Waals surface area contributed by atoms with Crippen molar-refractivity contribution in [2.75, 3.05) is 6.61 Å². The summed E-state index contributed by atoms with van der Waals surface area (Å²) in [6, 6.07) is 30.4. The Kier molecular flexibility index (Phi) is 9.60. The molecule has 1 fully saturated rings. The lowest BCUT2D eigenvalue weighted by Gasteiger charge is -2.42. The average Bonchev–Trinajstić information content (AvgIpc) is 3.11. The van der Waals surface area contributed by atoms with Crippen LogP contribution in [0, 0.1) is 6.92 Å². The second-order valence-corrected chi connectivity index (χ2v) is 11.0. The van der Waals surface area contributed by atoms with Crippen LogP contribution in [0.5, 0.6) is 5.75 Å². The predicted molar refractivity (Wildman–Crippen MR) is 171 cm³/mol. The molecular formula is C37H30O11. The van der Waals surface area contributed by atoms with Gasteiger partial charge in [0.25, 0.3) is 0 Å². The molecule has 5 atom stereocenters. The van der Waals surface area contributed by atoms with Crippen molar-refractivity contribution in [1.29, 1.82) is 0 Å². The number of esters is 3. The van der Waals surface area contributed by atoms with Crippen molar-refractivity contribution in [3.8, 4) is 5.75 Å². The normalized spacial score (nSPS) is 20.4. The number of hydrogen-bond donors (Lipinski definition) is 1. The van der Waals surface area contributed by atoms with Gasteiger partial charge in [-0.25, -0.2) is 19.2 Å². The molecule has 0 spiro atoms. The number of aryl methyl sites for hydroxylation is 1. The molecule has 1 aliphatic heterocycles. The number of ether oxygens (including phenoxy) is 5. The Bertz CT molecular complexity index is 1960. The van der Waals surface area contributed by atoms with Crippen LogP contribution in [-0.4, -0.2) is 60.3 Å². The quantitative estimate of drug-likeness (QED) is 0.132. The molecule has 0 aliphatic carbocycles. The molecule has 0 bridgehead atoms. The zero-order chi connectivity index (χ0) is 33.6. The fraction of sp³-hybridized carbons (Fsp3) is 0.189. The molecule has 0 radical (unpaired) electrons. The lowest BCUT2D eigenvalue weighted by molar-refractivity contribution is -0.275. The van der Waals surface area contributed by atoms with E-state index in [4.69, 9.17) is 28.1 Å². The molecular weight excluding hydrogens is 620 g/mol. The average molecular weight is 651 g/mol. The van der Waals surface area contributed by atoms with Crippen LogP contribution < -0.4 is 10.4 Å². The first-order chi connectivity index (χ1) is 23.3. The maximum absolute atomic E-state index is 13.3. The van der Waals surface area contributed by atoms with Gasteiger partial charge in [0.2, 0.25) is 12.4 Å². The summed E-state index contributed by atoms with van der Waals surface area (Å²) in [5, 5.41) is 12.2. The van der Waals surface area contributed by atoms with Gasteiger partial charge in [0, 0.05) is 17.5 Å². The number of aliphatic hydroxyl groups is 1. The van der Waals surface area contributed by atoms with Crippen LogP contribution >= 0.6 is 0 Å². The van der Waals surface area contributed by atoms with E-state index in [1.807, 2.05) is 0 Å². The molecule has 1 aromatic heterocycles. The molecule has 11 heteroatoms. The van der Waals surface area contributed by atoms with Gasteiger partial charge < -0.3 is 33.2 Å². The van der Waals surface area contributed by atoms with Crippen LogP contribution in [0.25, 0.3) is 11.0 Å². The van der Waals surface area contributed by atoms with Crippen molar-refractivity contribution in [2.45, 2.75) is 37.6 Å². The van der Waals surface area contributed by atoms with Crippen LogP contribution in [0.1, 0.15) is 36.6 Å². The van der Waals surface area contributed by atoms with Crippen molar-refractivity contribution in [1.82, 2.24) is 0 Å². The van der Waals surface area contributed by atoms with E-state index in [0.29, 0.717) is 10.9 Å². The predicted octanol–water partition coefficient (Wildman–Crippen LogP) is 4.87. The van der Waals surface area contributed by atoms with E-state index in [9.17, 15) is 24.3 Å². The molecule has 0 saturated carbocycles. The molecule has 1 saturated heterocycles. The van der Waals surface area contributed by atoms with Gasteiger partial charge in [0.05, 0.1) is 16.7 Å². The SMILES string of the molecule is Cc1cc(=O)oc2cc(O[C@@H]3O[C@H](COC(=O)c4ccccc4)[C@H](O)[C@H](OC(=O)c4ccccc4)[C@H]3OC(=O)c3ccccc3)ccc12. The number of hydrogen-bond acceptors (Lipinski definition) is 11. The Balaban J connectivity index is 1.35. The van der Waals surface area contributed by atoms with Gasteiger partial charge in [0.15, 0.2) is 6.10 Å². The zero-order valence-corrected chi connectivity index (χ0v) is 25.6. The first kappa shape index (κ1) is 32.2. The fourth-order valence-electron chi connectivity index (χ4n) is 5.24. The molecule has 11 nitrogen and oxygen atoms in total. The highest BCUT2D eigenvalue weighted by Crippen LogP contribution is 2.31. The fourth-order valence-corrected chi connectivity index (χ4v) is 5.24. The molecule has 0 amide bonds. The summed E-state index contributed by atoms with van der Waals surface area (Å²) in [5.41, 5.74) is 0.982. The Morgan fingerprint density at radius 1 is 0.708 bits per heavy atom.